The van der Waals surface area contributed by atoms with Gasteiger partial charge in [0.25, 0.3) is 5.91 Å². The highest BCUT2D eigenvalue weighted by Crippen LogP contribution is 2.22. The van der Waals surface area contributed by atoms with E-state index < -0.39 is 12.0 Å². The van der Waals surface area contributed by atoms with Crippen molar-refractivity contribution >= 4 is 17.8 Å². The molecule has 2 rings (SSSR count). The number of carbonyl (C=O) groups excluding carboxylic acids is 3. The third-order valence-electron chi connectivity index (χ3n) is 4.41. The summed E-state index contributed by atoms with van der Waals surface area (Å²) >= 11 is 0. The van der Waals surface area contributed by atoms with Gasteiger partial charge in [0.05, 0.1) is 26.2 Å². The fourth-order valence-electron chi connectivity index (χ4n) is 2.98. The minimum absolute atomic E-state index is 0.00248. The molecule has 2 atom stereocenters. The summed E-state index contributed by atoms with van der Waals surface area (Å²) in [5, 5.41) is 5.68. The molecule has 0 aliphatic rings. The van der Waals surface area contributed by atoms with Gasteiger partial charge in [-0.3, -0.25) is 14.4 Å². The SMILES string of the molecule is CCOC(=O)CC(NC(=O)CC(C)NC(=O)c1ccccc1)c1cccc(OC)c1. The Morgan fingerprint density at radius 1 is 0.967 bits per heavy atom. The maximum Gasteiger partial charge on any atom is 0.308 e. The Bertz CT molecular complexity index is 854. The van der Waals surface area contributed by atoms with Gasteiger partial charge in [-0.05, 0) is 43.7 Å². The monoisotopic (exact) mass is 412 g/mol. The molecular formula is C23H28N2O5. The topological polar surface area (TPSA) is 93.7 Å². The van der Waals surface area contributed by atoms with Crippen molar-refractivity contribution in [3.05, 3.63) is 65.7 Å². The quantitative estimate of drug-likeness (QED) is 0.585. The average Bonchev–Trinajstić information content (AvgIpc) is 2.74. The number of esters is 1. The van der Waals surface area contributed by atoms with Gasteiger partial charge in [0.2, 0.25) is 5.91 Å². The minimum atomic E-state index is -0.566. The molecule has 30 heavy (non-hydrogen) atoms. The Balaban J connectivity index is 2.01. The van der Waals surface area contributed by atoms with E-state index in [1.807, 2.05) is 12.1 Å². The summed E-state index contributed by atoms with van der Waals surface area (Å²) in [4.78, 5) is 36.9. The lowest BCUT2D eigenvalue weighted by molar-refractivity contribution is -0.143. The first-order valence-electron chi connectivity index (χ1n) is 9.87. The van der Waals surface area contributed by atoms with Crippen molar-refractivity contribution in [3.63, 3.8) is 0 Å². The van der Waals surface area contributed by atoms with Gasteiger partial charge in [-0.25, -0.2) is 0 Å². The van der Waals surface area contributed by atoms with Crippen LogP contribution in [0.1, 0.15) is 48.7 Å². The molecular weight excluding hydrogens is 384 g/mol. The lowest BCUT2D eigenvalue weighted by Gasteiger charge is -2.21. The number of hydrogen-bond acceptors (Lipinski definition) is 5. The van der Waals surface area contributed by atoms with Crippen molar-refractivity contribution in [2.75, 3.05) is 13.7 Å². The Kier molecular flexibility index (Phi) is 8.87. The summed E-state index contributed by atoms with van der Waals surface area (Å²) in [5.74, 6) is -0.310. The Labute approximate surface area is 176 Å². The summed E-state index contributed by atoms with van der Waals surface area (Å²) in [5.41, 5.74) is 1.26. The Hall–Kier alpha value is -3.35. The molecule has 0 radical (unpaired) electrons. The lowest BCUT2D eigenvalue weighted by Crippen LogP contribution is -2.38. The molecule has 0 aliphatic heterocycles. The second-order valence-corrected chi connectivity index (χ2v) is 6.85. The molecule has 2 amide bonds. The van der Waals surface area contributed by atoms with Gasteiger partial charge in [0, 0.05) is 18.0 Å². The summed E-state index contributed by atoms with van der Waals surface area (Å²) < 4.78 is 10.3. The average molecular weight is 412 g/mol. The largest absolute Gasteiger partial charge is 0.497 e. The second kappa shape index (κ2) is 11.6. The van der Waals surface area contributed by atoms with E-state index in [9.17, 15) is 14.4 Å². The first-order valence-corrected chi connectivity index (χ1v) is 9.87. The molecule has 0 aliphatic carbocycles. The smallest absolute Gasteiger partial charge is 0.308 e. The van der Waals surface area contributed by atoms with Crippen LogP contribution in [0.4, 0.5) is 0 Å². The molecule has 0 heterocycles. The van der Waals surface area contributed by atoms with Crippen molar-refractivity contribution in [2.45, 2.75) is 38.8 Å². The zero-order valence-corrected chi connectivity index (χ0v) is 17.5. The Morgan fingerprint density at radius 3 is 2.37 bits per heavy atom. The number of benzene rings is 2. The van der Waals surface area contributed by atoms with Crippen LogP contribution in [0.5, 0.6) is 5.75 Å². The van der Waals surface area contributed by atoms with Crippen molar-refractivity contribution in [1.82, 2.24) is 10.6 Å². The van der Waals surface area contributed by atoms with Crippen LogP contribution in [0.15, 0.2) is 54.6 Å². The number of rotatable bonds is 10. The van der Waals surface area contributed by atoms with Crippen LogP contribution in [0.3, 0.4) is 0 Å². The van der Waals surface area contributed by atoms with Gasteiger partial charge in [-0.1, -0.05) is 30.3 Å². The van der Waals surface area contributed by atoms with Crippen LogP contribution < -0.4 is 15.4 Å². The van der Waals surface area contributed by atoms with E-state index in [1.165, 1.54) is 0 Å². The highest BCUT2D eigenvalue weighted by molar-refractivity contribution is 5.94. The first kappa shape index (κ1) is 22.9. The fourth-order valence-corrected chi connectivity index (χ4v) is 2.98. The number of nitrogens with one attached hydrogen (secondary N) is 2. The molecule has 0 spiro atoms. The zero-order valence-electron chi connectivity index (χ0n) is 17.5. The lowest BCUT2D eigenvalue weighted by atomic mass is 10.0. The zero-order chi connectivity index (χ0) is 21.9. The van der Waals surface area contributed by atoms with E-state index >= 15 is 0 Å². The van der Waals surface area contributed by atoms with Gasteiger partial charge < -0.3 is 20.1 Å². The number of methoxy groups -OCH3 is 1. The normalized spacial score (nSPS) is 12.4. The molecule has 0 aromatic heterocycles. The van der Waals surface area contributed by atoms with Gasteiger partial charge in [-0.15, -0.1) is 0 Å². The predicted molar refractivity (Wildman–Crippen MR) is 113 cm³/mol. The van der Waals surface area contributed by atoms with Gasteiger partial charge in [-0.2, -0.15) is 0 Å². The first-order chi connectivity index (χ1) is 14.4. The second-order valence-electron chi connectivity index (χ2n) is 6.85. The van der Waals surface area contributed by atoms with Crippen molar-refractivity contribution in [2.24, 2.45) is 0 Å². The number of hydrogen-bond donors (Lipinski definition) is 2. The molecule has 0 fully saturated rings. The maximum atomic E-state index is 12.6. The molecule has 0 bridgehead atoms. The maximum absolute atomic E-state index is 12.6. The summed E-state index contributed by atoms with van der Waals surface area (Å²) in [6.45, 7) is 3.75. The minimum Gasteiger partial charge on any atom is -0.497 e. The molecule has 2 aromatic rings. The molecule has 160 valence electrons. The third kappa shape index (κ3) is 7.24. The van der Waals surface area contributed by atoms with Crippen molar-refractivity contribution in [1.29, 1.82) is 0 Å². The molecule has 7 nitrogen and oxygen atoms in total. The molecule has 2 aromatic carbocycles. The number of amides is 2. The van der Waals surface area contributed by atoms with Crippen LogP contribution in [0, 0.1) is 0 Å². The van der Waals surface area contributed by atoms with E-state index in [0.29, 0.717) is 11.3 Å². The van der Waals surface area contributed by atoms with Crippen molar-refractivity contribution < 1.29 is 23.9 Å². The highest BCUT2D eigenvalue weighted by atomic mass is 16.5. The van der Waals surface area contributed by atoms with Crippen molar-refractivity contribution in [3.8, 4) is 5.75 Å². The van der Waals surface area contributed by atoms with Gasteiger partial charge in [0.15, 0.2) is 0 Å². The molecule has 0 saturated heterocycles. The molecule has 0 saturated carbocycles. The summed E-state index contributed by atoms with van der Waals surface area (Å²) in [6.07, 6.45) is 0.0688. The van der Waals surface area contributed by atoms with Gasteiger partial charge >= 0.3 is 5.97 Å². The number of carbonyl (C=O) groups is 3. The standard InChI is InChI=1S/C23H28N2O5/c1-4-30-22(27)15-20(18-11-8-12-19(14-18)29-3)25-21(26)13-16(2)24-23(28)17-9-6-5-7-10-17/h5-12,14,16,20H,4,13,15H2,1-3H3,(H,24,28)(H,25,26). The van der Waals surface area contributed by atoms with E-state index in [0.717, 1.165) is 5.56 Å². The fraction of sp³-hybridized carbons (Fsp3) is 0.348. The van der Waals surface area contributed by atoms with Crippen LogP contribution in [0.25, 0.3) is 0 Å². The molecule has 2 unspecified atom stereocenters. The number of ether oxygens (including phenoxy) is 2. The van der Waals surface area contributed by atoms with Crippen LogP contribution in [-0.4, -0.2) is 37.5 Å². The third-order valence-corrected chi connectivity index (χ3v) is 4.41. The Morgan fingerprint density at radius 2 is 1.70 bits per heavy atom. The van der Waals surface area contributed by atoms with E-state index in [2.05, 4.69) is 10.6 Å². The van der Waals surface area contributed by atoms with E-state index in [-0.39, 0.29) is 37.3 Å². The van der Waals surface area contributed by atoms with Gasteiger partial charge in [0.1, 0.15) is 5.75 Å². The summed E-state index contributed by atoms with van der Waals surface area (Å²) in [7, 11) is 1.55. The van der Waals surface area contributed by atoms with E-state index in [1.54, 1.807) is 63.4 Å². The molecule has 2 N–H and O–H groups in total. The van der Waals surface area contributed by atoms with E-state index in [4.69, 9.17) is 9.47 Å². The van der Waals surface area contributed by atoms with Crippen LogP contribution in [-0.2, 0) is 14.3 Å². The molecule has 7 heteroatoms. The predicted octanol–water partition coefficient (Wildman–Crippen LogP) is 3.01. The highest BCUT2D eigenvalue weighted by Gasteiger charge is 2.21. The van der Waals surface area contributed by atoms with Crippen LogP contribution in [0.2, 0.25) is 0 Å². The summed E-state index contributed by atoms with van der Waals surface area (Å²) in [6, 6.07) is 15.0. The van der Waals surface area contributed by atoms with Crippen LogP contribution >= 0.6 is 0 Å².